The van der Waals surface area contributed by atoms with Crippen molar-refractivity contribution in [3.8, 4) is 5.75 Å². The number of aryl methyl sites for hydroxylation is 2. The lowest BCUT2D eigenvalue weighted by Crippen LogP contribution is -2.48. The van der Waals surface area contributed by atoms with E-state index in [-0.39, 0.29) is 17.2 Å². The van der Waals surface area contributed by atoms with E-state index in [9.17, 15) is 9.90 Å². The number of hydrogen-bond donors (Lipinski definition) is 3. The Labute approximate surface area is 107 Å². The molecule has 1 amide bonds. The number of rotatable bonds is 3. The van der Waals surface area contributed by atoms with Gasteiger partial charge in [-0.05, 0) is 50.3 Å². The molecular formula is C14H20N2O2. The van der Waals surface area contributed by atoms with Crippen molar-refractivity contribution < 1.29 is 9.90 Å². The lowest BCUT2D eigenvalue weighted by atomic mass is 9.75. The van der Waals surface area contributed by atoms with Crippen LogP contribution in [0.1, 0.15) is 36.8 Å². The van der Waals surface area contributed by atoms with E-state index in [1.807, 2.05) is 19.9 Å². The summed E-state index contributed by atoms with van der Waals surface area (Å²) in [4.78, 5) is 11.9. The molecule has 98 valence electrons. The third-order valence-electron chi connectivity index (χ3n) is 3.58. The second kappa shape index (κ2) is 4.61. The first-order valence-corrected chi connectivity index (χ1v) is 6.29. The van der Waals surface area contributed by atoms with Gasteiger partial charge in [0.15, 0.2) is 0 Å². The number of carbonyl (C=O) groups is 1. The third kappa shape index (κ3) is 2.64. The van der Waals surface area contributed by atoms with Crippen LogP contribution >= 0.6 is 0 Å². The number of anilines is 1. The minimum Gasteiger partial charge on any atom is -0.505 e. The first-order valence-electron chi connectivity index (χ1n) is 6.29. The summed E-state index contributed by atoms with van der Waals surface area (Å²) in [5, 5.41) is 12.6. The molecule has 0 unspecified atom stereocenters. The van der Waals surface area contributed by atoms with Gasteiger partial charge in [-0.1, -0.05) is 6.07 Å². The minimum atomic E-state index is -0.335. The van der Waals surface area contributed by atoms with Gasteiger partial charge in [0.05, 0.1) is 5.69 Å². The molecule has 1 aliphatic carbocycles. The zero-order valence-corrected chi connectivity index (χ0v) is 10.9. The van der Waals surface area contributed by atoms with Crippen LogP contribution in [0, 0.1) is 13.8 Å². The van der Waals surface area contributed by atoms with Gasteiger partial charge in [-0.25, -0.2) is 0 Å². The number of carbonyl (C=O) groups excluding carboxylic acids is 1. The Morgan fingerprint density at radius 2 is 2.11 bits per heavy atom. The molecule has 0 bridgehead atoms. The summed E-state index contributed by atoms with van der Waals surface area (Å²) >= 11 is 0. The van der Waals surface area contributed by atoms with Crippen molar-refractivity contribution in [1.82, 2.24) is 0 Å². The molecule has 2 rings (SSSR count). The van der Waals surface area contributed by atoms with Crippen LogP contribution in [0.5, 0.6) is 5.75 Å². The van der Waals surface area contributed by atoms with E-state index >= 15 is 0 Å². The lowest BCUT2D eigenvalue weighted by molar-refractivity contribution is -0.118. The zero-order valence-electron chi connectivity index (χ0n) is 10.9. The number of phenols is 1. The topological polar surface area (TPSA) is 75.3 Å². The summed E-state index contributed by atoms with van der Waals surface area (Å²) < 4.78 is 0. The number of phenolic OH excluding ortho intramolecular Hbond substituents is 1. The molecule has 0 aromatic heterocycles. The van der Waals surface area contributed by atoms with Crippen LogP contribution in [0.3, 0.4) is 0 Å². The van der Waals surface area contributed by atoms with Crippen LogP contribution in [0.15, 0.2) is 12.1 Å². The molecule has 0 saturated heterocycles. The SMILES string of the molecule is Cc1cc(C)c(O)c(NC(=O)CC2(N)CCC2)c1. The number of aromatic hydroxyl groups is 1. The van der Waals surface area contributed by atoms with Gasteiger partial charge in [-0.2, -0.15) is 0 Å². The molecule has 1 aromatic carbocycles. The lowest BCUT2D eigenvalue weighted by Gasteiger charge is -2.37. The molecule has 1 aliphatic rings. The predicted molar refractivity (Wildman–Crippen MR) is 71.6 cm³/mol. The maximum atomic E-state index is 11.9. The molecule has 4 heteroatoms. The van der Waals surface area contributed by atoms with E-state index in [1.54, 1.807) is 6.07 Å². The van der Waals surface area contributed by atoms with E-state index in [1.165, 1.54) is 0 Å². The van der Waals surface area contributed by atoms with Crippen LogP contribution in [-0.2, 0) is 4.79 Å². The number of hydrogen-bond acceptors (Lipinski definition) is 3. The Balaban J connectivity index is 2.07. The largest absolute Gasteiger partial charge is 0.505 e. The van der Waals surface area contributed by atoms with Gasteiger partial charge < -0.3 is 16.2 Å². The summed E-state index contributed by atoms with van der Waals surface area (Å²) in [5.41, 5.74) is 7.94. The summed E-state index contributed by atoms with van der Waals surface area (Å²) in [5.74, 6) is 0.00568. The van der Waals surface area contributed by atoms with Crippen molar-refractivity contribution in [2.75, 3.05) is 5.32 Å². The Morgan fingerprint density at radius 1 is 1.44 bits per heavy atom. The van der Waals surface area contributed by atoms with Crippen molar-refractivity contribution in [3.05, 3.63) is 23.3 Å². The van der Waals surface area contributed by atoms with Crippen molar-refractivity contribution in [2.45, 2.75) is 45.1 Å². The molecule has 0 radical (unpaired) electrons. The van der Waals surface area contributed by atoms with Gasteiger partial charge in [0, 0.05) is 12.0 Å². The molecular weight excluding hydrogens is 228 g/mol. The molecule has 0 heterocycles. The molecule has 1 fully saturated rings. The van der Waals surface area contributed by atoms with E-state index in [0.29, 0.717) is 12.1 Å². The predicted octanol–water partition coefficient (Wildman–Crippen LogP) is 2.22. The number of amides is 1. The highest BCUT2D eigenvalue weighted by atomic mass is 16.3. The molecule has 4 nitrogen and oxygen atoms in total. The highest BCUT2D eigenvalue weighted by molar-refractivity contribution is 5.93. The summed E-state index contributed by atoms with van der Waals surface area (Å²) in [7, 11) is 0. The first kappa shape index (κ1) is 12.9. The Kier molecular flexibility index (Phi) is 3.30. The molecule has 0 spiro atoms. The summed E-state index contributed by atoms with van der Waals surface area (Å²) in [6.07, 6.45) is 3.22. The van der Waals surface area contributed by atoms with Gasteiger partial charge in [-0.15, -0.1) is 0 Å². The zero-order chi connectivity index (χ0) is 13.3. The second-order valence-corrected chi connectivity index (χ2v) is 5.42. The van der Waals surface area contributed by atoms with Gasteiger partial charge in [-0.3, -0.25) is 4.79 Å². The standard InChI is InChI=1S/C14H20N2O2/c1-9-6-10(2)13(18)11(7-9)16-12(17)8-14(15)4-3-5-14/h6-7,18H,3-5,8,15H2,1-2H3,(H,16,17). The quantitative estimate of drug-likeness (QED) is 0.718. The highest BCUT2D eigenvalue weighted by Gasteiger charge is 2.34. The van der Waals surface area contributed by atoms with E-state index in [2.05, 4.69) is 5.32 Å². The molecule has 1 aromatic rings. The molecule has 0 atom stereocenters. The van der Waals surface area contributed by atoms with Crippen molar-refractivity contribution in [3.63, 3.8) is 0 Å². The monoisotopic (exact) mass is 248 g/mol. The fourth-order valence-electron chi connectivity index (χ4n) is 2.38. The van der Waals surface area contributed by atoms with Crippen molar-refractivity contribution in [2.24, 2.45) is 5.73 Å². The van der Waals surface area contributed by atoms with Crippen LogP contribution < -0.4 is 11.1 Å². The molecule has 4 N–H and O–H groups in total. The Bertz CT molecular complexity index is 479. The molecule has 18 heavy (non-hydrogen) atoms. The van der Waals surface area contributed by atoms with Crippen LogP contribution in [0.25, 0.3) is 0 Å². The fourth-order valence-corrected chi connectivity index (χ4v) is 2.38. The normalized spacial score (nSPS) is 17.1. The van der Waals surface area contributed by atoms with Crippen LogP contribution in [-0.4, -0.2) is 16.6 Å². The van der Waals surface area contributed by atoms with Crippen LogP contribution in [0.2, 0.25) is 0 Å². The number of nitrogens with one attached hydrogen (secondary N) is 1. The fraction of sp³-hybridized carbons (Fsp3) is 0.500. The van der Waals surface area contributed by atoms with E-state index in [4.69, 9.17) is 5.73 Å². The molecule has 0 aliphatic heterocycles. The van der Waals surface area contributed by atoms with Gasteiger partial charge >= 0.3 is 0 Å². The first-order chi connectivity index (χ1) is 8.39. The van der Waals surface area contributed by atoms with Gasteiger partial charge in [0.1, 0.15) is 5.75 Å². The Hall–Kier alpha value is -1.55. The summed E-state index contributed by atoms with van der Waals surface area (Å²) in [6, 6.07) is 3.64. The van der Waals surface area contributed by atoms with Gasteiger partial charge in [0.2, 0.25) is 5.91 Å². The Morgan fingerprint density at radius 3 is 2.67 bits per heavy atom. The highest BCUT2D eigenvalue weighted by Crippen LogP contribution is 2.33. The van der Waals surface area contributed by atoms with E-state index in [0.717, 1.165) is 30.4 Å². The third-order valence-corrected chi connectivity index (χ3v) is 3.58. The van der Waals surface area contributed by atoms with Crippen LogP contribution in [0.4, 0.5) is 5.69 Å². The maximum Gasteiger partial charge on any atom is 0.226 e. The van der Waals surface area contributed by atoms with Crippen molar-refractivity contribution >= 4 is 11.6 Å². The second-order valence-electron chi connectivity index (χ2n) is 5.42. The van der Waals surface area contributed by atoms with E-state index < -0.39 is 0 Å². The number of benzene rings is 1. The average molecular weight is 248 g/mol. The minimum absolute atomic E-state index is 0.127. The van der Waals surface area contributed by atoms with Crippen molar-refractivity contribution in [1.29, 1.82) is 0 Å². The maximum absolute atomic E-state index is 11.9. The van der Waals surface area contributed by atoms with Gasteiger partial charge in [0.25, 0.3) is 0 Å². The summed E-state index contributed by atoms with van der Waals surface area (Å²) in [6.45, 7) is 3.74. The average Bonchev–Trinajstić information content (AvgIpc) is 2.23. The smallest absolute Gasteiger partial charge is 0.226 e. The number of nitrogens with two attached hydrogens (primary N) is 1. The molecule has 1 saturated carbocycles.